The molecular formula is C13H16ClN3O2. The van der Waals surface area contributed by atoms with Gasteiger partial charge in [0.15, 0.2) is 0 Å². The maximum atomic E-state index is 12.0. The molecule has 1 N–H and O–H groups in total. The summed E-state index contributed by atoms with van der Waals surface area (Å²) < 4.78 is 0. The Kier molecular flexibility index (Phi) is 4.37. The summed E-state index contributed by atoms with van der Waals surface area (Å²) in [6.45, 7) is 2.83. The molecule has 2 heterocycles. The van der Waals surface area contributed by atoms with Crippen molar-refractivity contribution < 1.29 is 9.59 Å². The van der Waals surface area contributed by atoms with Gasteiger partial charge in [-0.3, -0.25) is 9.59 Å². The summed E-state index contributed by atoms with van der Waals surface area (Å²) in [7, 11) is 0. The largest absolute Gasteiger partial charge is 0.343 e. The molecule has 1 aromatic rings. The van der Waals surface area contributed by atoms with Gasteiger partial charge < -0.3 is 10.2 Å². The topological polar surface area (TPSA) is 62.3 Å². The van der Waals surface area contributed by atoms with Crippen LogP contribution in [-0.2, 0) is 9.59 Å². The normalized spacial score (nSPS) is 16.2. The molecule has 0 radical (unpaired) electrons. The number of piperidine rings is 1. The van der Waals surface area contributed by atoms with E-state index in [4.69, 9.17) is 11.6 Å². The minimum Gasteiger partial charge on any atom is -0.343 e. The van der Waals surface area contributed by atoms with Gasteiger partial charge in [0.2, 0.25) is 11.8 Å². The third-order valence-electron chi connectivity index (χ3n) is 3.29. The number of carbonyl (C=O) groups excluding carboxylic acids is 2. The van der Waals surface area contributed by atoms with Crippen LogP contribution in [0.1, 0.15) is 19.8 Å². The number of anilines is 1. The number of hydrogen-bond donors (Lipinski definition) is 1. The van der Waals surface area contributed by atoms with Gasteiger partial charge in [0.1, 0.15) is 5.82 Å². The van der Waals surface area contributed by atoms with E-state index in [-0.39, 0.29) is 17.7 Å². The first-order valence-corrected chi connectivity index (χ1v) is 6.62. The highest BCUT2D eigenvalue weighted by molar-refractivity contribution is 6.30. The molecule has 0 bridgehead atoms. The molecule has 0 unspecified atom stereocenters. The van der Waals surface area contributed by atoms with E-state index in [1.807, 2.05) is 0 Å². The molecule has 0 spiro atoms. The average Bonchev–Trinajstić information content (AvgIpc) is 2.41. The van der Waals surface area contributed by atoms with E-state index < -0.39 is 0 Å². The van der Waals surface area contributed by atoms with E-state index in [0.29, 0.717) is 36.8 Å². The first kappa shape index (κ1) is 13.8. The van der Waals surface area contributed by atoms with Gasteiger partial charge >= 0.3 is 0 Å². The molecule has 1 aliphatic heterocycles. The quantitative estimate of drug-likeness (QED) is 0.901. The van der Waals surface area contributed by atoms with E-state index in [2.05, 4.69) is 10.3 Å². The molecule has 2 amide bonds. The molecule has 5 nitrogen and oxygen atoms in total. The highest BCUT2D eigenvalue weighted by Crippen LogP contribution is 2.19. The fourth-order valence-electron chi connectivity index (χ4n) is 2.13. The van der Waals surface area contributed by atoms with Gasteiger partial charge in [-0.2, -0.15) is 0 Å². The zero-order valence-corrected chi connectivity index (χ0v) is 11.5. The summed E-state index contributed by atoms with van der Waals surface area (Å²) in [5.41, 5.74) is 0. The highest BCUT2D eigenvalue weighted by atomic mass is 35.5. The van der Waals surface area contributed by atoms with Crippen molar-refractivity contribution in [1.82, 2.24) is 9.88 Å². The Morgan fingerprint density at radius 2 is 2.05 bits per heavy atom. The minimum atomic E-state index is -0.0620. The molecule has 0 aliphatic carbocycles. The van der Waals surface area contributed by atoms with E-state index in [9.17, 15) is 9.59 Å². The number of rotatable bonds is 2. The second-order valence-corrected chi connectivity index (χ2v) is 5.07. The lowest BCUT2D eigenvalue weighted by molar-refractivity contribution is -0.132. The Bertz CT molecular complexity index is 467. The summed E-state index contributed by atoms with van der Waals surface area (Å²) in [5.74, 6) is 0.465. The van der Waals surface area contributed by atoms with Gasteiger partial charge in [-0.25, -0.2) is 4.98 Å². The average molecular weight is 282 g/mol. The highest BCUT2D eigenvalue weighted by Gasteiger charge is 2.26. The number of nitrogens with one attached hydrogen (secondary N) is 1. The molecule has 0 atom stereocenters. The number of nitrogens with zero attached hydrogens (tertiary/aromatic N) is 2. The lowest BCUT2D eigenvalue weighted by Crippen LogP contribution is -2.40. The number of carbonyl (C=O) groups is 2. The van der Waals surface area contributed by atoms with Crippen molar-refractivity contribution in [1.29, 1.82) is 0 Å². The second kappa shape index (κ2) is 6.02. The van der Waals surface area contributed by atoms with Crippen molar-refractivity contribution in [2.24, 2.45) is 5.92 Å². The van der Waals surface area contributed by atoms with Crippen LogP contribution >= 0.6 is 11.6 Å². The monoisotopic (exact) mass is 281 g/mol. The van der Waals surface area contributed by atoms with Crippen molar-refractivity contribution in [2.75, 3.05) is 18.4 Å². The number of likely N-dealkylation sites (tertiary alicyclic amines) is 1. The summed E-state index contributed by atoms with van der Waals surface area (Å²) in [5, 5.41) is 3.31. The van der Waals surface area contributed by atoms with Gasteiger partial charge in [-0.1, -0.05) is 11.6 Å². The van der Waals surface area contributed by atoms with Crippen LogP contribution in [0.3, 0.4) is 0 Å². The van der Waals surface area contributed by atoms with Gasteiger partial charge in [-0.15, -0.1) is 0 Å². The SMILES string of the molecule is CC(=O)N1CCC(C(=O)Nc2ccc(Cl)cn2)CC1. The van der Waals surface area contributed by atoms with Gasteiger partial charge in [0.25, 0.3) is 0 Å². The Morgan fingerprint density at radius 1 is 1.37 bits per heavy atom. The zero-order valence-electron chi connectivity index (χ0n) is 10.7. The first-order chi connectivity index (χ1) is 9.06. The van der Waals surface area contributed by atoms with Crippen molar-refractivity contribution in [3.63, 3.8) is 0 Å². The third kappa shape index (κ3) is 3.67. The molecule has 6 heteroatoms. The lowest BCUT2D eigenvalue weighted by Gasteiger charge is -2.30. The van der Waals surface area contributed by atoms with Crippen LogP contribution in [0.25, 0.3) is 0 Å². The fraction of sp³-hybridized carbons (Fsp3) is 0.462. The van der Waals surface area contributed by atoms with Gasteiger partial charge in [0, 0.05) is 32.1 Å². The Labute approximate surface area is 117 Å². The molecule has 0 saturated carbocycles. The summed E-state index contributed by atoms with van der Waals surface area (Å²) in [6.07, 6.45) is 2.88. The van der Waals surface area contributed by atoms with Crippen molar-refractivity contribution in [2.45, 2.75) is 19.8 Å². The number of aromatic nitrogens is 1. The van der Waals surface area contributed by atoms with Crippen molar-refractivity contribution >= 4 is 29.2 Å². The molecule has 19 heavy (non-hydrogen) atoms. The molecule has 2 rings (SSSR count). The molecule has 0 aromatic carbocycles. The van der Waals surface area contributed by atoms with Crippen LogP contribution in [-0.4, -0.2) is 34.8 Å². The molecule has 1 fully saturated rings. The predicted octanol–water partition coefficient (Wildman–Crippen LogP) is 1.93. The zero-order chi connectivity index (χ0) is 13.8. The Hall–Kier alpha value is -1.62. The molecular weight excluding hydrogens is 266 g/mol. The van der Waals surface area contributed by atoms with Crippen LogP contribution in [0, 0.1) is 5.92 Å². The minimum absolute atomic E-state index is 0.0435. The predicted molar refractivity (Wildman–Crippen MR) is 72.9 cm³/mol. The van der Waals surface area contributed by atoms with E-state index in [0.717, 1.165) is 0 Å². The smallest absolute Gasteiger partial charge is 0.228 e. The molecule has 102 valence electrons. The number of hydrogen-bond acceptors (Lipinski definition) is 3. The number of amides is 2. The van der Waals surface area contributed by atoms with Crippen molar-refractivity contribution in [3.05, 3.63) is 23.4 Å². The van der Waals surface area contributed by atoms with Crippen LogP contribution in [0.4, 0.5) is 5.82 Å². The first-order valence-electron chi connectivity index (χ1n) is 6.24. The maximum Gasteiger partial charge on any atom is 0.228 e. The van der Waals surface area contributed by atoms with Gasteiger partial charge in [0.05, 0.1) is 5.02 Å². The maximum absolute atomic E-state index is 12.0. The summed E-state index contributed by atoms with van der Waals surface area (Å²) in [4.78, 5) is 29.0. The summed E-state index contributed by atoms with van der Waals surface area (Å²) >= 11 is 5.73. The lowest BCUT2D eigenvalue weighted by atomic mass is 9.96. The Balaban J connectivity index is 1.88. The Morgan fingerprint density at radius 3 is 2.58 bits per heavy atom. The standard InChI is InChI=1S/C13H16ClN3O2/c1-9(18)17-6-4-10(5-7-17)13(19)16-12-3-2-11(14)8-15-12/h2-3,8,10H,4-7H2,1H3,(H,15,16,19). The molecule has 1 aromatic heterocycles. The summed E-state index contributed by atoms with van der Waals surface area (Å²) in [6, 6.07) is 3.35. The van der Waals surface area contributed by atoms with Crippen LogP contribution < -0.4 is 5.32 Å². The van der Waals surface area contributed by atoms with Gasteiger partial charge in [-0.05, 0) is 25.0 Å². The van der Waals surface area contributed by atoms with Crippen molar-refractivity contribution in [3.8, 4) is 0 Å². The van der Waals surface area contributed by atoms with E-state index in [1.165, 1.54) is 6.20 Å². The second-order valence-electron chi connectivity index (χ2n) is 4.63. The van der Waals surface area contributed by atoms with Crippen LogP contribution in [0.5, 0.6) is 0 Å². The van der Waals surface area contributed by atoms with E-state index >= 15 is 0 Å². The van der Waals surface area contributed by atoms with E-state index in [1.54, 1.807) is 24.0 Å². The fourth-order valence-corrected chi connectivity index (χ4v) is 2.25. The number of halogens is 1. The molecule has 1 saturated heterocycles. The number of pyridine rings is 1. The van der Waals surface area contributed by atoms with Crippen LogP contribution in [0.15, 0.2) is 18.3 Å². The molecule has 1 aliphatic rings. The third-order valence-corrected chi connectivity index (χ3v) is 3.51. The van der Waals surface area contributed by atoms with Crippen LogP contribution in [0.2, 0.25) is 5.02 Å².